The summed E-state index contributed by atoms with van der Waals surface area (Å²) in [5.74, 6) is -0.540. The molecule has 0 spiro atoms. The minimum atomic E-state index is -0.334. The van der Waals surface area contributed by atoms with Gasteiger partial charge in [-0.05, 0) is 13.0 Å². The Hall–Kier alpha value is -1.42. The Labute approximate surface area is 86.1 Å². The number of rotatable bonds is 3. The van der Waals surface area contributed by atoms with Gasteiger partial charge in [-0.25, -0.2) is 4.98 Å². The summed E-state index contributed by atoms with van der Waals surface area (Å²) in [5, 5.41) is 0.0828. The van der Waals surface area contributed by atoms with Gasteiger partial charge in [0.2, 0.25) is 0 Å². The first-order chi connectivity index (χ1) is 6.52. The Balaban J connectivity index is 3.01. The van der Waals surface area contributed by atoms with E-state index in [4.69, 9.17) is 17.3 Å². The Morgan fingerprint density at radius 2 is 2.21 bits per heavy atom. The molecule has 0 saturated carbocycles. The van der Waals surface area contributed by atoms with Crippen molar-refractivity contribution in [3.63, 3.8) is 0 Å². The third-order valence-corrected chi connectivity index (χ3v) is 1.95. The summed E-state index contributed by atoms with van der Waals surface area (Å²) in [5.41, 5.74) is 5.91. The van der Waals surface area contributed by atoms with Gasteiger partial charge in [0.25, 0.3) is 0 Å². The number of carbonyl (C=O) groups is 2. The molecule has 0 atom stereocenters. The van der Waals surface area contributed by atoms with Crippen LogP contribution in [0.1, 0.15) is 23.7 Å². The first kappa shape index (κ1) is 10.7. The first-order valence-corrected chi connectivity index (χ1v) is 4.32. The van der Waals surface area contributed by atoms with Crippen LogP contribution in [0.15, 0.2) is 12.3 Å². The molecule has 0 amide bonds. The van der Waals surface area contributed by atoms with Crippen molar-refractivity contribution in [2.75, 3.05) is 5.73 Å². The van der Waals surface area contributed by atoms with Crippen molar-refractivity contribution >= 4 is 28.9 Å². The summed E-state index contributed by atoms with van der Waals surface area (Å²) in [4.78, 5) is 25.9. The zero-order chi connectivity index (χ0) is 10.7. The van der Waals surface area contributed by atoms with E-state index in [0.29, 0.717) is 0 Å². The third kappa shape index (κ3) is 2.29. The fourth-order valence-electron chi connectivity index (χ4n) is 1.01. The van der Waals surface area contributed by atoms with E-state index >= 15 is 0 Å². The van der Waals surface area contributed by atoms with Gasteiger partial charge in [-0.1, -0.05) is 11.6 Å². The Morgan fingerprint density at radius 1 is 1.57 bits per heavy atom. The van der Waals surface area contributed by atoms with Gasteiger partial charge in [-0.15, -0.1) is 0 Å². The van der Waals surface area contributed by atoms with Crippen LogP contribution < -0.4 is 5.73 Å². The molecule has 1 aromatic rings. The molecule has 1 heterocycles. The molecule has 0 aliphatic rings. The van der Waals surface area contributed by atoms with Crippen LogP contribution in [-0.4, -0.2) is 16.6 Å². The highest BCUT2D eigenvalue weighted by atomic mass is 35.5. The molecule has 1 rings (SSSR count). The maximum atomic E-state index is 11.4. The number of nitrogens with two attached hydrogens (primary N) is 1. The standard InChI is InChI=1S/C9H9ClN2O2/c1-5(13)4-7(14)6-2-3-12-9(10)8(6)11/h2-3H,4,11H2,1H3. The number of halogens is 1. The number of pyridine rings is 1. The van der Waals surface area contributed by atoms with Crippen LogP contribution in [0.4, 0.5) is 5.69 Å². The molecule has 0 aliphatic carbocycles. The number of nitrogens with zero attached hydrogens (tertiary/aromatic N) is 1. The fourth-order valence-corrected chi connectivity index (χ4v) is 1.17. The van der Waals surface area contributed by atoms with Gasteiger partial charge < -0.3 is 5.73 Å². The lowest BCUT2D eigenvalue weighted by atomic mass is 10.1. The molecule has 0 radical (unpaired) electrons. The average molecular weight is 213 g/mol. The second kappa shape index (κ2) is 4.19. The average Bonchev–Trinajstić information content (AvgIpc) is 2.08. The normalized spacial score (nSPS) is 9.86. The lowest BCUT2D eigenvalue weighted by Crippen LogP contribution is -2.08. The second-order valence-corrected chi connectivity index (χ2v) is 3.22. The van der Waals surface area contributed by atoms with Crippen LogP contribution in [0.5, 0.6) is 0 Å². The number of hydrogen-bond donors (Lipinski definition) is 1. The topological polar surface area (TPSA) is 73.0 Å². The molecule has 0 saturated heterocycles. The highest BCUT2D eigenvalue weighted by molar-refractivity contribution is 6.32. The Morgan fingerprint density at radius 3 is 2.79 bits per heavy atom. The van der Waals surface area contributed by atoms with E-state index in [9.17, 15) is 9.59 Å². The second-order valence-electron chi connectivity index (χ2n) is 2.86. The molecular weight excluding hydrogens is 204 g/mol. The summed E-state index contributed by atoms with van der Waals surface area (Å²) in [6, 6.07) is 1.45. The summed E-state index contributed by atoms with van der Waals surface area (Å²) in [6.07, 6.45) is 1.22. The maximum absolute atomic E-state index is 11.4. The largest absolute Gasteiger partial charge is 0.396 e. The molecular formula is C9H9ClN2O2. The van der Waals surface area contributed by atoms with E-state index in [-0.39, 0.29) is 34.4 Å². The van der Waals surface area contributed by atoms with Gasteiger partial charge >= 0.3 is 0 Å². The van der Waals surface area contributed by atoms with Crippen LogP contribution in [0.25, 0.3) is 0 Å². The number of nitrogen functional groups attached to an aromatic ring is 1. The first-order valence-electron chi connectivity index (χ1n) is 3.95. The molecule has 74 valence electrons. The molecule has 0 aliphatic heterocycles. The zero-order valence-electron chi connectivity index (χ0n) is 7.58. The Bertz CT molecular complexity index is 390. The van der Waals surface area contributed by atoms with E-state index in [1.54, 1.807) is 0 Å². The number of carbonyl (C=O) groups excluding carboxylic acids is 2. The monoisotopic (exact) mass is 212 g/mol. The Kier molecular flexibility index (Phi) is 3.19. The van der Waals surface area contributed by atoms with Crippen molar-refractivity contribution in [2.24, 2.45) is 0 Å². The van der Waals surface area contributed by atoms with E-state index in [1.807, 2.05) is 0 Å². The van der Waals surface area contributed by atoms with Gasteiger partial charge in [0.1, 0.15) is 5.78 Å². The van der Waals surface area contributed by atoms with Crippen LogP contribution >= 0.6 is 11.6 Å². The molecule has 2 N–H and O–H groups in total. The number of Topliss-reactive ketones (excluding diaryl/α,β-unsaturated/α-hetero) is 2. The highest BCUT2D eigenvalue weighted by Gasteiger charge is 2.13. The minimum Gasteiger partial charge on any atom is -0.396 e. The lowest BCUT2D eigenvalue weighted by Gasteiger charge is -2.03. The number of hydrogen-bond acceptors (Lipinski definition) is 4. The van der Waals surface area contributed by atoms with Crippen molar-refractivity contribution in [1.29, 1.82) is 0 Å². The SMILES string of the molecule is CC(=O)CC(=O)c1ccnc(Cl)c1N. The van der Waals surface area contributed by atoms with Crippen LogP contribution in [0, 0.1) is 0 Å². The van der Waals surface area contributed by atoms with E-state index in [0.717, 1.165) is 0 Å². The molecule has 0 aromatic carbocycles. The summed E-state index contributed by atoms with van der Waals surface area (Å²) >= 11 is 5.62. The number of ketones is 2. The highest BCUT2D eigenvalue weighted by Crippen LogP contribution is 2.20. The van der Waals surface area contributed by atoms with Gasteiger partial charge in [0.05, 0.1) is 12.1 Å². The summed E-state index contributed by atoms with van der Waals surface area (Å²) < 4.78 is 0. The van der Waals surface area contributed by atoms with Gasteiger partial charge in [0, 0.05) is 11.8 Å². The molecule has 14 heavy (non-hydrogen) atoms. The van der Waals surface area contributed by atoms with Crippen LogP contribution in [-0.2, 0) is 4.79 Å². The molecule has 4 nitrogen and oxygen atoms in total. The van der Waals surface area contributed by atoms with Gasteiger partial charge in [-0.3, -0.25) is 9.59 Å². The quantitative estimate of drug-likeness (QED) is 0.468. The number of aromatic nitrogens is 1. The predicted molar refractivity (Wildman–Crippen MR) is 53.3 cm³/mol. The molecule has 0 unspecified atom stereocenters. The van der Waals surface area contributed by atoms with E-state index in [1.165, 1.54) is 19.2 Å². The summed E-state index contributed by atoms with van der Waals surface area (Å²) in [6.45, 7) is 1.34. The number of anilines is 1. The van der Waals surface area contributed by atoms with Crippen LogP contribution in [0.2, 0.25) is 5.15 Å². The van der Waals surface area contributed by atoms with Crippen molar-refractivity contribution in [1.82, 2.24) is 4.98 Å². The van der Waals surface area contributed by atoms with Gasteiger partial charge in [0.15, 0.2) is 10.9 Å². The van der Waals surface area contributed by atoms with Crippen LogP contribution in [0.3, 0.4) is 0 Å². The molecule has 0 bridgehead atoms. The van der Waals surface area contributed by atoms with Crippen molar-refractivity contribution in [3.8, 4) is 0 Å². The van der Waals surface area contributed by atoms with E-state index < -0.39 is 0 Å². The smallest absolute Gasteiger partial charge is 0.172 e. The van der Waals surface area contributed by atoms with Crippen molar-refractivity contribution in [3.05, 3.63) is 23.0 Å². The molecule has 0 fully saturated rings. The van der Waals surface area contributed by atoms with Crippen molar-refractivity contribution in [2.45, 2.75) is 13.3 Å². The maximum Gasteiger partial charge on any atom is 0.172 e. The van der Waals surface area contributed by atoms with E-state index in [2.05, 4.69) is 4.98 Å². The lowest BCUT2D eigenvalue weighted by molar-refractivity contribution is -0.116. The van der Waals surface area contributed by atoms with Crippen molar-refractivity contribution < 1.29 is 9.59 Å². The molecule has 1 aromatic heterocycles. The predicted octanol–water partition coefficient (Wildman–Crippen LogP) is 1.48. The molecule has 5 heteroatoms. The zero-order valence-corrected chi connectivity index (χ0v) is 8.34. The summed E-state index contributed by atoms with van der Waals surface area (Å²) in [7, 11) is 0. The third-order valence-electron chi connectivity index (χ3n) is 1.65. The fraction of sp³-hybridized carbons (Fsp3) is 0.222. The minimum absolute atomic E-state index is 0.0828. The van der Waals surface area contributed by atoms with Gasteiger partial charge in [-0.2, -0.15) is 0 Å².